The summed E-state index contributed by atoms with van der Waals surface area (Å²) in [6.45, 7) is 4.85. The van der Waals surface area contributed by atoms with E-state index in [0.717, 1.165) is 31.5 Å². The van der Waals surface area contributed by atoms with Crippen LogP contribution in [0.15, 0.2) is 42.5 Å². The maximum absolute atomic E-state index is 13.7. The molecule has 0 saturated carbocycles. The Bertz CT molecular complexity index is 606. The topological polar surface area (TPSA) is 3.24 Å². The highest BCUT2D eigenvalue weighted by atomic mass is 19.1. The average Bonchev–Trinajstić information content (AvgIpc) is 2.49. The van der Waals surface area contributed by atoms with E-state index in [4.69, 9.17) is 0 Å². The van der Waals surface area contributed by atoms with Crippen LogP contribution in [0.25, 0.3) is 0 Å². The van der Waals surface area contributed by atoms with Gasteiger partial charge < -0.3 is 0 Å². The summed E-state index contributed by atoms with van der Waals surface area (Å²) in [5.74, 6) is -0.0967. The number of hydrogen-bond donors (Lipinski definition) is 0. The van der Waals surface area contributed by atoms with E-state index >= 15 is 0 Å². The highest BCUT2D eigenvalue weighted by molar-refractivity contribution is 5.37. The quantitative estimate of drug-likeness (QED) is 0.815. The fourth-order valence-electron chi connectivity index (χ4n) is 3.08. The van der Waals surface area contributed by atoms with E-state index < -0.39 is 0 Å². The van der Waals surface area contributed by atoms with Gasteiger partial charge in [-0.2, -0.15) is 0 Å². The Hall–Kier alpha value is -1.67. The fraction of sp³-hybridized carbons (Fsp3) is 0.333. The molecule has 0 unspecified atom stereocenters. The molecule has 20 heavy (non-hydrogen) atoms. The Labute approximate surface area is 120 Å². The molecule has 1 aliphatic heterocycles. The first-order chi connectivity index (χ1) is 9.78. The first kappa shape index (κ1) is 13.3. The Morgan fingerprint density at radius 3 is 2.65 bits per heavy atom. The van der Waals surface area contributed by atoms with Gasteiger partial charge in [0.05, 0.1) is 0 Å². The molecule has 1 nitrogen and oxygen atoms in total. The lowest BCUT2D eigenvalue weighted by atomic mass is 9.93. The minimum Gasteiger partial charge on any atom is -0.294 e. The molecular formula is C18H20FN. The molecule has 0 radical (unpaired) electrons. The zero-order chi connectivity index (χ0) is 13.9. The van der Waals surface area contributed by atoms with Crippen molar-refractivity contribution in [1.82, 2.24) is 4.90 Å². The van der Waals surface area contributed by atoms with Crippen molar-refractivity contribution in [1.29, 1.82) is 0 Å². The molecule has 2 heteroatoms. The van der Waals surface area contributed by atoms with E-state index in [2.05, 4.69) is 30.0 Å². The molecule has 2 aromatic carbocycles. The summed E-state index contributed by atoms with van der Waals surface area (Å²) >= 11 is 0. The van der Waals surface area contributed by atoms with Crippen molar-refractivity contribution in [3.8, 4) is 0 Å². The molecule has 2 aromatic rings. The average molecular weight is 269 g/mol. The van der Waals surface area contributed by atoms with Gasteiger partial charge in [0.2, 0.25) is 0 Å². The van der Waals surface area contributed by atoms with E-state index in [1.54, 1.807) is 12.1 Å². The molecule has 0 amide bonds. The van der Waals surface area contributed by atoms with Gasteiger partial charge in [-0.3, -0.25) is 4.90 Å². The summed E-state index contributed by atoms with van der Waals surface area (Å²) in [6, 6.07) is 13.7. The maximum Gasteiger partial charge on any atom is 0.127 e. The SMILES string of the molecule is CCc1cccc2c1CCN(Cc1ccccc1F)C2. The van der Waals surface area contributed by atoms with Gasteiger partial charge in [0.25, 0.3) is 0 Å². The van der Waals surface area contributed by atoms with Gasteiger partial charge in [-0.25, -0.2) is 4.39 Å². The molecule has 1 heterocycles. The second kappa shape index (κ2) is 5.76. The third-order valence-corrected chi connectivity index (χ3v) is 4.17. The van der Waals surface area contributed by atoms with Crippen molar-refractivity contribution in [3.05, 3.63) is 70.5 Å². The lowest BCUT2D eigenvalue weighted by Gasteiger charge is -2.30. The second-order valence-corrected chi connectivity index (χ2v) is 5.46. The van der Waals surface area contributed by atoms with Crippen molar-refractivity contribution in [2.24, 2.45) is 0 Å². The Morgan fingerprint density at radius 1 is 1.05 bits per heavy atom. The van der Waals surface area contributed by atoms with Crippen molar-refractivity contribution in [2.45, 2.75) is 32.9 Å². The van der Waals surface area contributed by atoms with E-state index in [9.17, 15) is 4.39 Å². The molecule has 0 fully saturated rings. The summed E-state index contributed by atoms with van der Waals surface area (Å²) in [7, 11) is 0. The molecule has 0 atom stereocenters. The van der Waals surface area contributed by atoms with Crippen LogP contribution in [0.5, 0.6) is 0 Å². The molecule has 0 aromatic heterocycles. The normalized spacial score (nSPS) is 15.1. The molecule has 3 rings (SSSR count). The van der Waals surface area contributed by atoms with E-state index in [0.29, 0.717) is 6.54 Å². The summed E-state index contributed by atoms with van der Waals surface area (Å²) in [6.07, 6.45) is 2.17. The lowest BCUT2D eigenvalue weighted by molar-refractivity contribution is 0.242. The van der Waals surface area contributed by atoms with Crippen LogP contribution in [0, 0.1) is 5.82 Å². The van der Waals surface area contributed by atoms with Gasteiger partial charge in [-0.1, -0.05) is 43.3 Å². The third kappa shape index (κ3) is 2.61. The van der Waals surface area contributed by atoms with Crippen molar-refractivity contribution >= 4 is 0 Å². The first-order valence-corrected chi connectivity index (χ1v) is 7.33. The van der Waals surface area contributed by atoms with Crippen LogP contribution in [0.3, 0.4) is 0 Å². The molecule has 0 aliphatic carbocycles. The predicted molar refractivity (Wildman–Crippen MR) is 80.0 cm³/mol. The number of benzene rings is 2. The number of halogens is 1. The zero-order valence-corrected chi connectivity index (χ0v) is 11.9. The largest absolute Gasteiger partial charge is 0.294 e. The predicted octanol–water partition coefficient (Wildman–Crippen LogP) is 3.95. The summed E-state index contributed by atoms with van der Waals surface area (Å²) in [5, 5.41) is 0. The molecule has 0 N–H and O–H groups in total. The monoisotopic (exact) mass is 269 g/mol. The van der Waals surface area contributed by atoms with Gasteiger partial charge >= 0.3 is 0 Å². The van der Waals surface area contributed by atoms with Crippen molar-refractivity contribution in [2.75, 3.05) is 6.54 Å². The maximum atomic E-state index is 13.7. The Morgan fingerprint density at radius 2 is 1.85 bits per heavy atom. The molecule has 1 aliphatic rings. The van der Waals surface area contributed by atoms with Gasteiger partial charge in [0, 0.05) is 25.2 Å². The lowest BCUT2D eigenvalue weighted by Crippen LogP contribution is -2.31. The standard InChI is InChI=1S/C18H20FN/c1-2-14-7-5-8-15-12-20(11-10-17(14)15)13-16-6-3-4-9-18(16)19/h3-9H,2,10-13H2,1H3. The molecular weight excluding hydrogens is 249 g/mol. The number of fused-ring (bicyclic) bond motifs is 1. The fourth-order valence-corrected chi connectivity index (χ4v) is 3.08. The van der Waals surface area contributed by atoms with Gasteiger partial charge in [0.1, 0.15) is 5.82 Å². The summed E-state index contributed by atoms with van der Waals surface area (Å²) in [5.41, 5.74) is 5.18. The van der Waals surface area contributed by atoms with Crippen molar-refractivity contribution in [3.63, 3.8) is 0 Å². The molecule has 0 saturated heterocycles. The van der Waals surface area contributed by atoms with Crippen LogP contribution < -0.4 is 0 Å². The van der Waals surface area contributed by atoms with Gasteiger partial charge in [-0.15, -0.1) is 0 Å². The van der Waals surface area contributed by atoms with Crippen molar-refractivity contribution < 1.29 is 4.39 Å². The highest BCUT2D eigenvalue weighted by Gasteiger charge is 2.18. The van der Waals surface area contributed by atoms with Crippen LogP contribution in [0.1, 0.15) is 29.2 Å². The minimum absolute atomic E-state index is 0.0967. The highest BCUT2D eigenvalue weighted by Crippen LogP contribution is 2.24. The molecule has 104 valence electrons. The Kier molecular flexibility index (Phi) is 3.83. The van der Waals surface area contributed by atoms with E-state index in [1.165, 1.54) is 16.7 Å². The first-order valence-electron chi connectivity index (χ1n) is 7.33. The van der Waals surface area contributed by atoms with Crippen LogP contribution >= 0.6 is 0 Å². The van der Waals surface area contributed by atoms with Crippen LogP contribution in [-0.2, 0) is 25.9 Å². The zero-order valence-electron chi connectivity index (χ0n) is 11.9. The Balaban J connectivity index is 1.78. The van der Waals surface area contributed by atoms with Crippen LogP contribution in [0.4, 0.5) is 4.39 Å². The van der Waals surface area contributed by atoms with E-state index in [1.807, 2.05) is 12.1 Å². The molecule has 0 spiro atoms. The minimum atomic E-state index is -0.0967. The van der Waals surface area contributed by atoms with E-state index in [-0.39, 0.29) is 5.82 Å². The van der Waals surface area contributed by atoms with Gasteiger partial charge in [-0.05, 0) is 35.6 Å². The smallest absolute Gasteiger partial charge is 0.127 e. The summed E-state index contributed by atoms with van der Waals surface area (Å²) in [4.78, 5) is 2.33. The number of aryl methyl sites for hydroxylation is 1. The third-order valence-electron chi connectivity index (χ3n) is 4.17. The number of rotatable bonds is 3. The summed E-state index contributed by atoms with van der Waals surface area (Å²) < 4.78 is 13.7. The second-order valence-electron chi connectivity index (χ2n) is 5.46. The van der Waals surface area contributed by atoms with Gasteiger partial charge in [0.15, 0.2) is 0 Å². The van der Waals surface area contributed by atoms with Crippen LogP contribution in [0.2, 0.25) is 0 Å². The number of hydrogen-bond acceptors (Lipinski definition) is 1. The molecule has 0 bridgehead atoms. The van der Waals surface area contributed by atoms with Crippen LogP contribution in [-0.4, -0.2) is 11.4 Å². The number of nitrogens with zero attached hydrogens (tertiary/aromatic N) is 1.